The summed E-state index contributed by atoms with van der Waals surface area (Å²) in [6.45, 7) is 4.62. The van der Waals surface area contributed by atoms with Crippen LogP contribution in [0.3, 0.4) is 0 Å². The number of halogens is 1. The minimum atomic E-state index is 0.0334. The SMILES string of the molecule is Cc1c(CNCCCNc2cc(=O)c3ccccc3[nH]2)sc(-c2ccco2)c1Br. The molecule has 0 aliphatic heterocycles. The Hall–Kier alpha value is -2.35. The summed E-state index contributed by atoms with van der Waals surface area (Å²) < 4.78 is 6.64. The van der Waals surface area contributed by atoms with E-state index in [-0.39, 0.29) is 5.43 Å². The first-order valence-corrected chi connectivity index (χ1v) is 11.1. The average Bonchev–Trinajstić information content (AvgIpc) is 3.34. The van der Waals surface area contributed by atoms with Gasteiger partial charge in [-0.05, 0) is 65.6 Å². The Morgan fingerprint density at radius 1 is 1.17 bits per heavy atom. The van der Waals surface area contributed by atoms with Crippen LogP contribution in [0.15, 0.2) is 62.4 Å². The van der Waals surface area contributed by atoms with Crippen LogP contribution in [0.25, 0.3) is 21.5 Å². The molecule has 1 aromatic carbocycles. The van der Waals surface area contributed by atoms with Crippen molar-refractivity contribution in [1.29, 1.82) is 0 Å². The fourth-order valence-electron chi connectivity index (χ4n) is 3.20. The number of H-pyrrole nitrogens is 1. The third-order valence-corrected chi connectivity index (χ3v) is 7.35. The van der Waals surface area contributed by atoms with Gasteiger partial charge in [0.1, 0.15) is 11.6 Å². The third kappa shape index (κ3) is 4.47. The van der Waals surface area contributed by atoms with Crippen molar-refractivity contribution in [2.75, 3.05) is 18.4 Å². The van der Waals surface area contributed by atoms with E-state index in [4.69, 9.17) is 4.42 Å². The summed E-state index contributed by atoms with van der Waals surface area (Å²) in [4.78, 5) is 17.9. The summed E-state index contributed by atoms with van der Waals surface area (Å²) >= 11 is 5.44. The van der Waals surface area contributed by atoms with Gasteiger partial charge in [-0.2, -0.15) is 0 Å². The molecule has 0 atom stereocenters. The number of pyridine rings is 1. The Morgan fingerprint density at radius 3 is 2.86 bits per heavy atom. The molecule has 0 aliphatic rings. The van der Waals surface area contributed by atoms with Crippen LogP contribution in [0, 0.1) is 6.92 Å². The molecule has 150 valence electrons. The van der Waals surface area contributed by atoms with E-state index in [9.17, 15) is 4.79 Å². The van der Waals surface area contributed by atoms with Gasteiger partial charge in [0.2, 0.25) is 0 Å². The molecular weight excluding hydrogens is 450 g/mol. The highest BCUT2D eigenvalue weighted by Gasteiger charge is 2.15. The number of aromatic amines is 1. The Morgan fingerprint density at radius 2 is 2.03 bits per heavy atom. The Bertz CT molecular complexity index is 1160. The van der Waals surface area contributed by atoms with Gasteiger partial charge in [-0.25, -0.2) is 0 Å². The summed E-state index contributed by atoms with van der Waals surface area (Å²) in [5, 5.41) is 7.52. The third-order valence-electron chi connectivity index (χ3n) is 4.79. The number of hydrogen-bond donors (Lipinski definition) is 3. The summed E-state index contributed by atoms with van der Waals surface area (Å²) in [7, 11) is 0. The first kappa shape index (κ1) is 19.9. The molecule has 4 aromatic rings. The molecule has 0 unspecified atom stereocenters. The molecule has 0 saturated carbocycles. The lowest BCUT2D eigenvalue weighted by Crippen LogP contribution is -2.18. The van der Waals surface area contributed by atoms with Crippen molar-refractivity contribution < 1.29 is 4.42 Å². The maximum absolute atomic E-state index is 12.2. The molecule has 0 bridgehead atoms. The topological polar surface area (TPSA) is 70.1 Å². The number of fused-ring (bicyclic) bond motifs is 1. The van der Waals surface area contributed by atoms with Crippen LogP contribution in [0.4, 0.5) is 5.82 Å². The van der Waals surface area contributed by atoms with Crippen LogP contribution in [-0.4, -0.2) is 18.1 Å². The predicted octanol–water partition coefficient (Wildman–Crippen LogP) is 5.51. The van der Waals surface area contributed by atoms with Gasteiger partial charge in [0.05, 0.1) is 16.7 Å². The number of aromatic nitrogens is 1. The molecule has 0 fully saturated rings. The second kappa shape index (κ2) is 8.98. The second-order valence-corrected chi connectivity index (χ2v) is 8.72. The standard InChI is InChI=1S/C22H22BrN3O2S/c1-14-19(29-22(21(14)23)18-8-4-11-28-18)13-24-9-5-10-25-20-12-17(27)15-6-2-3-7-16(15)26-20/h2-4,6-8,11-12,24H,5,9-10,13H2,1H3,(H2,25,26,27). The highest BCUT2D eigenvalue weighted by molar-refractivity contribution is 9.10. The zero-order chi connectivity index (χ0) is 20.2. The molecule has 3 aromatic heterocycles. The molecule has 4 rings (SSSR count). The van der Waals surface area contributed by atoms with Crippen molar-refractivity contribution in [2.45, 2.75) is 19.9 Å². The first-order valence-electron chi connectivity index (χ1n) is 9.52. The number of rotatable bonds is 8. The van der Waals surface area contributed by atoms with Gasteiger partial charge in [0.15, 0.2) is 5.43 Å². The van der Waals surface area contributed by atoms with Crippen LogP contribution < -0.4 is 16.1 Å². The molecule has 3 heterocycles. The molecule has 7 heteroatoms. The molecule has 29 heavy (non-hydrogen) atoms. The van der Waals surface area contributed by atoms with E-state index in [1.54, 1.807) is 23.7 Å². The fourth-order valence-corrected chi connectivity index (χ4v) is 5.15. The van der Waals surface area contributed by atoms with Crippen molar-refractivity contribution in [3.05, 3.63) is 73.9 Å². The maximum atomic E-state index is 12.2. The lowest BCUT2D eigenvalue weighted by molar-refractivity contribution is 0.583. The zero-order valence-electron chi connectivity index (χ0n) is 16.0. The summed E-state index contributed by atoms with van der Waals surface area (Å²) in [5.74, 6) is 1.65. The highest BCUT2D eigenvalue weighted by Crippen LogP contribution is 2.40. The van der Waals surface area contributed by atoms with E-state index in [0.29, 0.717) is 5.39 Å². The summed E-state index contributed by atoms with van der Waals surface area (Å²) in [6.07, 6.45) is 2.65. The van der Waals surface area contributed by atoms with Gasteiger partial charge >= 0.3 is 0 Å². The Labute approximate surface area is 181 Å². The molecular formula is C22H22BrN3O2S. The number of hydrogen-bond acceptors (Lipinski definition) is 5. The lowest BCUT2D eigenvalue weighted by Gasteiger charge is -2.08. The van der Waals surface area contributed by atoms with Crippen molar-refractivity contribution in [3.63, 3.8) is 0 Å². The van der Waals surface area contributed by atoms with Crippen LogP contribution in [-0.2, 0) is 6.54 Å². The van der Waals surface area contributed by atoms with Crippen LogP contribution in [0.2, 0.25) is 0 Å². The number of benzene rings is 1. The van der Waals surface area contributed by atoms with Crippen LogP contribution >= 0.6 is 27.3 Å². The minimum Gasteiger partial charge on any atom is -0.463 e. The number of para-hydroxylation sites is 1. The summed E-state index contributed by atoms with van der Waals surface area (Å²) in [5.41, 5.74) is 2.14. The predicted molar refractivity (Wildman–Crippen MR) is 124 cm³/mol. The molecule has 5 nitrogen and oxygen atoms in total. The van der Waals surface area contributed by atoms with Gasteiger partial charge in [-0.15, -0.1) is 11.3 Å². The van der Waals surface area contributed by atoms with E-state index >= 15 is 0 Å². The molecule has 0 saturated heterocycles. The monoisotopic (exact) mass is 471 g/mol. The van der Waals surface area contributed by atoms with Gasteiger partial charge in [-0.3, -0.25) is 4.79 Å². The van der Waals surface area contributed by atoms with Crippen molar-refractivity contribution >= 4 is 44.0 Å². The van der Waals surface area contributed by atoms with Crippen molar-refractivity contribution in [1.82, 2.24) is 10.3 Å². The van der Waals surface area contributed by atoms with Gasteiger partial charge in [0, 0.05) is 33.9 Å². The van der Waals surface area contributed by atoms with Crippen molar-refractivity contribution in [2.24, 2.45) is 0 Å². The lowest BCUT2D eigenvalue weighted by atomic mass is 10.2. The van der Waals surface area contributed by atoms with Gasteiger partial charge in [0.25, 0.3) is 0 Å². The minimum absolute atomic E-state index is 0.0334. The van der Waals surface area contributed by atoms with Crippen LogP contribution in [0.1, 0.15) is 16.9 Å². The van der Waals surface area contributed by atoms with Gasteiger partial charge < -0.3 is 20.0 Å². The number of furan rings is 1. The van der Waals surface area contributed by atoms with Crippen molar-refractivity contribution in [3.8, 4) is 10.6 Å². The smallest absolute Gasteiger partial charge is 0.191 e. The van der Waals surface area contributed by atoms with E-state index in [2.05, 4.69) is 38.5 Å². The number of thiophene rings is 1. The van der Waals surface area contributed by atoms with Gasteiger partial charge in [-0.1, -0.05) is 12.1 Å². The molecule has 0 radical (unpaired) electrons. The van der Waals surface area contributed by atoms with E-state index < -0.39 is 0 Å². The Kier molecular flexibility index (Phi) is 6.18. The first-order chi connectivity index (χ1) is 14.1. The quantitative estimate of drug-likeness (QED) is 0.296. The van der Waals surface area contributed by atoms with E-state index in [1.807, 2.05) is 36.4 Å². The van der Waals surface area contributed by atoms with E-state index in [1.165, 1.54) is 10.4 Å². The van der Waals surface area contributed by atoms with E-state index in [0.717, 1.165) is 52.5 Å². The molecule has 0 aliphatic carbocycles. The van der Waals surface area contributed by atoms with Crippen LogP contribution in [0.5, 0.6) is 0 Å². The average molecular weight is 472 g/mol. The highest BCUT2D eigenvalue weighted by atomic mass is 79.9. The summed E-state index contributed by atoms with van der Waals surface area (Å²) in [6, 6.07) is 13.1. The molecule has 0 amide bonds. The zero-order valence-corrected chi connectivity index (χ0v) is 18.5. The second-order valence-electron chi connectivity index (χ2n) is 6.82. The number of nitrogens with one attached hydrogen (secondary N) is 3. The fraction of sp³-hybridized carbons (Fsp3) is 0.227. The Balaban J connectivity index is 1.27. The number of anilines is 1. The molecule has 3 N–H and O–H groups in total. The normalized spacial score (nSPS) is 11.2. The largest absolute Gasteiger partial charge is 0.463 e. The maximum Gasteiger partial charge on any atom is 0.191 e. The molecule has 0 spiro atoms.